The average molecular weight is 399 g/mol. The highest BCUT2D eigenvalue weighted by Crippen LogP contribution is 2.35. The summed E-state index contributed by atoms with van der Waals surface area (Å²) in [7, 11) is 0. The average Bonchev–Trinajstić information content (AvgIpc) is 2.55. The van der Waals surface area contributed by atoms with Gasteiger partial charge in [-0.3, -0.25) is 9.59 Å². The summed E-state index contributed by atoms with van der Waals surface area (Å²) in [5, 5.41) is 2.57. The van der Waals surface area contributed by atoms with Crippen molar-refractivity contribution in [3.63, 3.8) is 0 Å². The van der Waals surface area contributed by atoms with E-state index in [-0.39, 0.29) is 10.7 Å². The highest BCUT2D eigenvalue weighted by atomic mass is 35.5. The van der Waals surface area contributed by atoms with Crippen molar-refractivity contribution in [3.8, 4) is 0 Å². The SMILES string of the molecule is CC(=O)N(CC(=O)Nc1ccc(C)c(C)c1)c1cc(C(F)(F)F)ccc1Cl. The maximum Gasteiger partial charge on any atom is 0.416 e. The van der Waals surface area contributed by atoms with Gasteiger partial charge in [0.1, 0.15) is 6.54 Å². The van der Waals surface area contributed by atoms with Crippen molar-refractivity contribution in [1.82, 2.24) is 0 Å². The summed E-state index contributed by atoms with van der Waals surface area (Å²) in [4.78, 5) is 25.2. The largest absolute Gasteiger partial charge is 0.416 e. The summed E-state index contributed by atoms with van der Waals surface area (Å²) < 4.78 is 38.9. The second kappa shape index (κ2) is 8.00. The zero-order chi connectivity index (χ0) is 20.4. The van der Waals surface area contributed by atoms with Crippen LogP contribution in [0.1, 0.15) is 23.6 Å². The van der Waals surface area contributed by atoms with E-state index >= 15 is 0 Å². The quantitative estimate of drug-likeness (QED) is 0.790. The lowest BCUT2D eigenvalue weighted by Gasteiger charge is -2.23. The van der Waals surface area contributed by atoms with Gasteiger partial charge in [0.05, 0.1) is 16.3 Å². The van der Waals surface area contributed by atoms with Crippen LogP contribution in [0.4, 0.5) is 24.5 Å². The topological polar surface area (TPSA) is 49.4 Å². The summed E-state index contributed by atoms with van der Waals surface area (Å²) >= 11 is 5.97. The molecule has 0 radical (unpaired) electrons. The summed E-state index contributed by atoms with van der Waals surface area (Å²) in [6, 6.07) is 7.93. The number of aryl methyl sites for hydroxylation is 2. The van der Waals surface area contributed by atoms with Crippen LogP contribution in [0, 0.1) is 13.8 Å². The van der Waals surface area contributed by atoms with Crippen molar-refractivity contribution in [2.75, 3.05) is 16.8 Å². The highest BCUT2D eigenvalue weighted by molar-refractivity contribution is 6.34. The number of rotatable bonds is 4. The second-order valence-corrected chi connectivity index (χ2v) is 6.52. The molecule has 0 atom stereocenters. The van der Waals surface area contributed by atoms with Crippen molar-refractivity contribution in [1.29, 1.82) is 0 Å². The van der Waals surface area contributed by atoms with Crippen LogP contribution >= 0.6 is 11.6 Å². The third-order valence-corrected chi connectivity index (χ3v) is 4.36. The number of carbonyl (C=O) groups is 2. The molecule has 2 amide bonds. The Balaban J connectivity index is 2.26. The predicted molar refractivity (Wildman–Crippen MR) is 99.0 cm³/mol. The van der Waals surface area contributed by atoms with Gasteiger partial charge >= 0.3 is 6.18 Å². The summed E-state index contributed by atoms with van der Waals surface area (Å²) in [5.41, 5.74) is 1.42. The van der Waals surface area contributed by atoms with Crippen LogP contribution in [0.5, 0.6) is 0 Å². The Morgan fingerprint density at radius 1 is 1.07 bits per heavy atom. The molecule has 0 bridgehead atoms. The monoisotopic (exact) mass is 398 g/mol. The van der Waals surface area contributed by atoms with Crippen molar-refractivity contribution < 1.29 is 22.8 Å². The fraction of sp³-hybridized carbons (Fsp3) is 0.263. The number of benzene rings is 2. The molecule has 27 heavy (non-hydrogen) atoms. The van der Waals surface area contributed by atoms with Gasteiger partial charge in [-0.05, 0) is 55.3 Å². The Bertz CT molecular complexity index is 882. The minimum absolute atomic E-state index is 0.0582. The van der Waals surface area contributed by atoms with Crippen LogP contribution in [0.3, 0.4) is 0 Å². The first-order valence-corrected chi connectivity index (χ1v) is 8.39. The van der Waals surface area contributed by atoms with Gasteiger partial charge in [-0.2, -0.15) is 13.2 Å². The molecule has 144 valence electrons. The van der Waals surface area contributed by atoms with Gasteiger partial charge in [0.15, 0.2) is 0 Å². The van der Waals surface area contributed by atoms with E-state index in [1.807, 2.05) is 19.9 Å². The lowest BCUT2D eigenvalue weighted by molar-refractivity contribution is -0.137. The molecule has 0 saturated carbocycles. The van der Waals surface area contributed by atoms with E-state index < -0.39 is 30.1 Å². The molecule has 0 heterocycles. The molecule has 8 heteroatoms. The number of nitrogens with one attached hydrogen (secondary N) is 1. The van der Waals surface area contributed by atoms with E-state index in [2.05, 4.69) is 5.32 Å². The molecule has 2 aromatic rings. The summed E-state index contributed by atoms with van der Waals surface area (Å²) in [6.45, 7) is 4.49. The molecular weight excluding hydrogens is 381 g/mol. The second-order valence-electron chi connectivity index (χ2n) is 6.12. The van der Waals surface area contributed by atoms with Gasteiger partial charge in [-0.25, -0.2) is 0 Å². The number of alkyl halides is 3. The van der Waals surface area contributed by atoms with E-state index in [4.69, 9.17) is 11.6 Å². The van der Waals surface area contributed by atoms with Crippen molar-refractivity contribution >= 4 is 34.8 Å². The van der Waals surface area contributed by atoms with Crippen molar-refractivity contribution in [3.05, 3.63) is 58.1 Å². The fourth-order valence-corrected chi connectivity index (χ4v) is 2.64. The Morgan fingerprint density at radius 2 is 1.74 bits per heavy atom. The Labute approximate surface area is 159 Å². The normalized spacial score (nSPS) is 11.2. The zero-order valence-electron chi connectivity index (χ0n) is 14.9. The number of hydrogen-bond donors (Lipinski definition) is 1. The van der Waals surface area contributed by atoms with Crippen LogP contribution in [0.2, 0.25) is 5.02 Å². The molecular formula is C19H18ClF3N2O2. The van der Waals surface area contributed by atoms with Gasteiger partial charge < -0.3 is 10.2 Å². The Morgan fingerprint density at radius 3 is 2.30 bits per heavy atom. The number of carbonyl (C=O) groups excluding carboxylic acids is 2. The first-order chi connectivity index (χ1) is 12.5. The molecule has 0 aliphatic rings. The van der Waals surface area contributed by atoms with Gasteiger partial charge in [-0.15, -0.1) is 0 Å². The molecule has 2 rings (SSSR count). The highest BCUT2D eigenvalue weighted by Gasteiger charge is 2.32. The zero-order valence-corrected chi connectivity index (χ0v) is 15.7. The number of anilines is 2. The van der Waals surface area contributed by atoms with Gasteiger partial charge in [0.25, 0.3) is 0 Å². The minimum Gasteiger partial charge on any atom is -0.325 e. The number of amides is 2. The molecule has 1 N–H and O–H groups in total. The fourth-order valence-electron chi connectivity index (χ4n) is 2.43. The van der Waals surface area contributed by atoms with E-state index in [1.165, 1.54) is 0 Å². The minimum atomic E-state index is -4.59. The third kappa shape index (κ3) is 5.23. The molecule has 0 aliphatic carbocycles. The first-order valence-electron chi connectivity index (χ1n) is 8.01. The molecule has 0 aliphatic heterocycles. The van der Waals surface area contributed by atoms with Crippen LogP contribution in [0.25, 0.3) is 0 Å². The Hall–Kier alpha value is -2.54. The molecule has 0 saturated heterocycles. The lowest BCUT2D eigenvalue weighted by atomic mass is 10.1. The van der Waals surface area contributed by atoms with Gasteiger partial charge in [0.2, 0.25) is 11.8 Å². The molecule has 0 aromatic heterocycles. The van der Waals surface area contributed by atoms with Crippen molar-refractivity contribution in [2.24, 2.45) is 0 Å². The molecule has 4 nitrogen and oxygen atoms in total. The number of nitrogens with zero attached hydrogens (tertiary/aromatic N) is 1. The predicted octanol–water partition coefficient (Wildman–Crippen LogP) is 4.97. The van der Waals surface area contributed by atoms with E-state index in [9.17, 15) is 22.8 Å². The standard InChI is InChI=1S/C19H18ClF3N2O2/c1-11-4-6-15(8-12(11)2)24-18(27)10-25(13(3)26)17-9-14(19(21,22)23)5-7-16(17)20/h4-9H,10H2,1-3H3,(H,24,27). The van der Waals surface area contributed by atoms with Crippen molar-refractivity contribution in [2.45, 2.75) is 26.9 Å². The van der Waals surface area contributed by atoms with Gasteiger partial charge in [-0.1, -0.05) is 17.7 Å². The van der Waals surface area contributed by atoms with Crippen LogP contribution in [-0.2, 0) is 15.8 Å². The van der Waals surface area contributed by atoms with Crippen LogP contribution < -0.4 is 10.2 Å². The smallest absolute Gasteiger partial charge is 0.325 e. The number of hydrogen-bond acceptors (Lipinski definition) is 2. The molecule has 0 fully saturated rings. The van der Waals surface area contributed by atoms with E-state index in [0.717, 1.165) is 41.1 Å². The molecule has 2 aromatic carbocycles. The first kappa shape index (κ1) is 20.8. The molecule has 0 unspecified atom stereocenters. The Kier molecular flexibility index (Phi) is 6.15. The van der Waals surface area contributed by atoms with Gasteiger partial charge in [0, 0.05) is 12.6 Å². The van der Waals surface area contributed by atoms with E-state index in [0.29, 0.717) is 5.69 Å². The summed E-state index contributed by atoms with van der Waals surface area (Å²) in [6.07, 6.45) is -4.59. The number of halogens is 4. The maximum absolute atomic E-state index is 13.0. The lowest BCUT2D eigenvalue weighted by Crippen LogP contribution is -2.37. The third-order valence-electron chi connectivity index (χ3n) is 4.04. The van der Waals surface area contributed by atoms with Crippen LogP contribution in [0.15, 0.2) is 36.4 Å². The summed E-state index contributed by atoms with van der Waals surface area (Å²) in [5.74, 6) is -1.16. The maximum atomic E-state index is 13.0. The molecule has 0 spiro atoms. The van der Waals surface area contributed by atoms with E-state index in [1.54, 1.807) is 12.1 Å². The van der Waals surface area contributed by atoms with Crippen LogP contribution in [-0.4, -0.2) is 18.4 Å².